The Morgan fingerprint density at radius 1 is 1.31 bits per heavy atom. The van der Waals surface area contributed by atoms with E-state index >= 15 is 0 Å². The molecule has 2 nitrogen and oxygen atoms in total. The van der Waals surface area contributed by atoms with E-state index in [-0.39, 0.29) is 5.92 Å². The van der Waals surface area contributed by atoms with Crippen LogP contribution in [0.1, 0.15) is 25.8 Å². The Morgan fingerprint density at radius 2 is 2.00 bits per heavy atom. The van der Waals surface area contributed by atoms with Crippen molar-refractivity contribution < 1.29 is 9.53 Å². The zero-order valence-electron chi connectivity index (χ0n) is 9.90. The van der Waals surface area contributed by atoms with Crippen LogP contribution in [0.25, 0.3) is 0 Å². The molecular weight excluding hydrogens is 200 g/mol. The van der Waals surface area contributed by atoms with Crippen molar-refractivity contribution in [2.45, 2.75) is 25.7 Å². The summed E-state index contributed by atoms with van der Waals surface area (Å²) in [4.78, 5) is 12.4. The second kappa shape index (κ2) is 4.38. The third-order valence-electron chi connectivity index (χ3n) is 3.41. The zero-order valence-corrected chi connectivity index (χ0v) is 9.90. The smallest absolute Gasteiger partial charge is 0.148 e. The first-order valence-electron chi connectivity index (χ1n) is 5.80. The zero-order chi connectivity index (χ0) is 11.6. The van der Waals surface area contributed by atoms with Crippen LogP contribution in [-0.4, -0.2) is 19.0 Å². The average Bonchev–Trinajstić information content (AvgIpc) is 2.82. The number of hydrogen-bond acceptors (Lipinski definition) is 2. The Hall–Kier alpha value is -1.15. The number of ketones is 1. The van der Waals surface area contributed by atoms with Gasteiger partial charge in [-0.15, -0.1) is 0 Å². The van der Waals surface area contributed by atoms with Gasteiger partial charge >= 0.3 is 0 Å². The van der Waals surface area contributed by atoms with Crippen LogP contribution in [0.2, 0.25) is 0 Å². The van der Waals surface area contributed by atoms with E-state index in [0.29, 0.717) is 12.4 Å². The fourth-order valence-corrected chi connectivity index (χ4v) is 2.25. The minimum atomic E-state index is -0.403. The molecule has 16 heavy (non-hydrogen) atoms. The quantitative estimate of drug-likeness (QED) is 0.779. The lowest BCUT2D eigenvalue weighted by atomic mass is 9.75. The molecule has 86 valence electrons. The number of carbonyl (C=O) groups is 1. The van der Waals surface area contributed by atoms with Gasteiger partial charge in [0, 0.05) is 17.9 Å². The second-order valence-electron chi connectivity index (χ2n) is 4.92. The largest absolute Gasteiger partial charge is 0.381 e. The summed E-state index contributed by atoms with van der Waals surface area (Å²) < 4.78 is 5.29. The van der Waals surface area contributed by atoms with Gasteiger partial charge in [-0.2, -0.15) is 0 Å². The highest BCUT2D eigenvalue weighted by Gasteiger charge is 2.36. The molecule has 1 aromatic rings. The predicted molar refractivity (Wildman–Crippen MR) is 63.4 cm³/mol. The highest BCUT2D eigenvalue weighted by atomic mass is 16.5. The molecule has 0 bridgehead atoms. The molecule has 1 unspecified atom stereocenters. The fourth-order valence-electron chi connectivity index (χ4n) is 2.25. The SMILES string of the molecule is CC(C)(C(=O)C1CCOC1)c1ccccc1. The number of Topliss-reactive ketones (excluding diaryl/α,β-unsaturated/α-hetero) is 1. The normalized spacial score (nSPS) is 21.0. The van der Waals surface area contributed by atoms with E-state index in [1.165, 1.54) is 0 Å². The molecule has 0 spiro atoms. The molecule has 0 N–H and O–H groups in total. The summed E-state index contributed by atoms with van der Waals surface area (Å²) in [5.41, 5.74) is 0.687. The van der Waals surface area contributed by atoms with Gasteiger partial charge in [0.2, 0.25) is 0 Å². The van der Waals surface area contributed by atoms with E-state index < -0.39 is 5.41 Å². The number of ether oxygens (including phenoxy) is 1. The first kappa shape index (κ1) is 11.3. The Kier molecular flexibility index (Phi) is 3.10. The summed E-state index contributed by atoms with van der Waals surface area (Å²) in [6, 6.07) is 9.98. The first-order valence-corrected chi connectivity index (χ1v) is 5.80. The minimum Gasteiger partial charge on any atom is -0.381 e. The van der Waals surface area contributed by atoms with Crippen molar-refractivity contribution in [2.24, 2.45) is 5.92 Å². The molecule has 0 aromatic heterocycles. The summed E-state index contributed by atoms with van der Waals surface area (Å²) in [5, 5.41) is 0. The van der Waals surface area contributed by atoms with Crippen LogP contribution in [0.15, 0.2) is 30.3 Å². The second-order valence-corrected chi connectivity index (χ2v) is 4.92. The van der Waals surface area contributed by atoms with E-state index in [1.807, 2.05) is 44.2 Å². The monoisotopic (exact) mass is 218 g/mol. The third kappa shape index (κ3) is 2.03. The van der Waals surface area contributed by atoms with E-state index in [2.05, 4.69) is 0 Å². The van der Waals surface area contributed by atoms with E-state index in [4.69, 9.17) is 4.74 Å². The molecule has 1 saturated heterocycles. The topological polar surface area (TPSA) is 26.3 Å². The third-order valence-corrected chi connectivity index (χ3v) is 3.41. The van der Waals surface area contributed by atoms with Crippen molar-refractivity contribution in [3.8, 4) is 0 Å². The van der Waals surface area contributed by atoms with E-state index in [9.17, 15) is 4.79 Å². The van der Waals surface area contributed by atoms with Gasteiger partial charge in [0.15, 0.2) is 0 Å². The minimum absolute atomic E-state index is 0.0789. The van der Waals surface area contributed by atoms with Crippen molar-refractivity contribution in [3.05, 3.63) is 35.9 Å². The van der Waals surface area contributed by atoms with Crippen LogP contribution in [0.4, 0.5) is 0 Å². The van der Waals surface area contributed by atoms with Crippen molar-refractivity contribution in [1.29, 1.82) is 0 Å². The molecule has 1 aliphatic rings. The number of benzene rings is 1. The van der Waals surface area contributed by atoms with Gasteiger partial charge in [0.1, 0.15) is 5.78 Å². The maximum absolute atomic E-state index is 12.4. The fraction of sp³-hybridized carbons (Fsp3) is 0.500. The molecule has 1 aliphatic heterocycles. The van der Waals surface area contributed by atoms with Crippen LogP contribution >= 0.6 is 0 Å². The molecule has 0 amide bonds. The molecule has 1 heterocycles. The van der Waals surface area contributed by atoms with Crippen LogP contribution in [0, 0.1) is 5.92 Å². The Balaban J connectivity index is 2.21. The summed E-state index contributed by atoms with van der Waals surface area (Å²) in [7, 11) is 0. The van der Waals surface area contributed by atoms with Crippen molar-refractivity contribution in [2.75, 3.05) is 13.2 Å². The summed E-state index contributed by atoms with van der Waals surface area (Å²) >= 11 is 0. The van der Waals surface area contributed by atoms with Crippen LogP contribution in [0.3, 0.4) is 0 Å². The van der Waals surface area contributed by atoms with Gasteiger partial charge < -0.3 is 4.74 Å². The van der Waals surface area contributed by atoms with Crippen molar-refractivity contribution in [1.82, 2.24) is 0 Å². The van der Waals surface area contributed by atoms with Gasteiger partial charge in [0.25, 0.3) is 0 Å². The standard InChI is InChI=1S/C14H18O2/c1-14(2,12-6-4-3-5-7-12)13(15)11-8-9-16-10-11/h3-7,11H,8-10H2,1-2H3. The summed E-state index contributed by atoms with van der Waals surface area (Å²) in [5.74, 6) is 0.381. The molecule has 0 radical (unpaired) electrons. The summed E-state index contributed by atoms with van der Waals surface area (Å²) in [6.07, 6.45) is 0.870. The lowest BCUT2D eigenvalue weighted by Crippen LogP contribution is -2.35. The molecule has 1 fully saturated rings. The van der Waals surface area contributed by atoms with E-state index in [1.54, 1.807) is 0 Å². The average molecular weight is 218 g/mol. The van der Waals surface area contributed by atoms with Crippen molar-refractivity contribution in [3.63, 3.8) is 0 Å². The van der Waals surface area contributed by atoms with Crippen LogP contribution in [0.5, 0.6) is 0 Å². The Labute approximate surface area is 96.6 Å². The molecule has 0 saturated carbocycles. The molecule has 0 aliphatic carbocycles. The van der Waals surface area contributed by atoms with Gasteiger partial charge in [0.05, 0.1) is 6.61 Å². The van der Waals surface area contributed by atoms with E-state index in [0.717, 1.165) is 18.6 Å². The highest BCUT2D eigenvalue weighted by Crippen LogP contribution is 2.30. The lowest BCUT2D eigenvalue weighted by molar-refractivity contribution is -0.127. The van der Waals surface area contributed by atoms with Gasteiger partial charge in [-0.1, -0.05) is 30.3 Å². The maximum Gasteiger partial charge on any atom is 0.148 e. The summed E-state index contributed by atoms with van der Waals surface area (Å²) in [6.45, 7) is 5.32. The molecule has 2 heteroatoms. The first-order chi connectivity index (χ1) is 7.62. The number of carbonyl (C=O) groups excluding carboxylic acids is 1. The Morgan fingerprint density at radius 3 is 2.56 bits per heavy atom. The highest BCUT2D eigenvalue weighted by molar-refractivity contribution is 5.91. The lowest BCUT2D eigenvalue weighted by Gasteiger charge is -2.26. The molecule has 1 aromatic carbocycles. The van der Waals surface area contributed by atoms with Crippen LogP contribution in [-0.2, 0) is 14.9 Å². The number of hydrogen-bond donors (Lipinski definition) is 0. The van der Waals surface area contributed by atoms with Crippen LogP contribution < -0.4 is 0 Å². The molecule has 2 rings (SSSR count). The van der Waals surface area contributed by atoms with Crippen molar-refractivity contribution >= 4 is 5.78 Å². The Bertz CT molecular complexity index is 362. The molecule has 1 atom stereocenters. The van der Waals surface area contributed by atoms with Gasteiger partial charge in [-0.25, -0.2) is 0 Å². The predicted octanol–water partition coefficient (Wildman–Crippen LogP) is 2.57. The molecular formula is C14H18O2. The van der Waals surface area contributed by atoms with Gasteiger partial charge in [-0.05, 0) is 25.8 Å². The van der Waals surface area contributed by atoms with Gasteiger partial charge in [-0.3, -0.25) is 4.79 Å². The maximum atomic E-state index is 12.4. The number of rotatable bonds is 3.